The average Bonchev–Trinajstić information content (AvgIpc) is 3.10. The molecule has 8 heteroatoms. The molecule has 6 nitrogen and oxygen atoms in total. The van der Waals surface area contributed by atoms with E-state index in [0.29, 0.717) is 37.6 Å². The maximum absolute atomic E-state index is 12.3. The summed E-state index contributed by atoms with van der Waals surface area (Å²) in [7, 11) is -3.41. The Bertz CT molecular complexity index is 812. The molecule has 0 radical (unpaired) electrons. The summed E-state index contributed by atoms with van der Waals surface area (Å²) >= 11 is 1.33. The van der Waals surface area contributed by atoms with Crippen LogP contribution in [-0.2, 0) is 21.2 Å². The Balaban J connectivity index is 1.56. The molecule has 3 rings (SSSR count). The largest absolute Gasteiger partial charge is 0.379 e. The Hall–Kier alpha value is -1.61. The van der Waals surface area contributed by atoms with E-state index in [1.165, 1.54) is 15.6 Å². The molecule has 2 heterocycles. The van der Waals surface area contributed by atoms with Gasteiger partial charge in [-0.25, -0.2) is 13.4 Å². The van der Waals surface area contributed by atoms with E-state index in [1.54, 1.807) is 6.20 Å². The van der Waals surface area contributed by atoms with Gasteiger partial charge in [-0.1, -0.05) is 30.3 Å². The number of aromatic nitrogens is 1. The molecule has 0 spiro atoms. The van der Waals surface area contributed by atoms with Gasteiger partial charge < -0.3 is 4.74 Å². The number of nitrogens with zero attached hydrogens (tertiary/aromatic N) is 2. The number of ether oxygens (including phenoxy) is 1. The molecule has 1 fully saturated rings. The lowest BCUT2D eigenvalue weighted by atomic mass is 10.2. The second-order valence-electron chi connectivity index (χ2n) is 5.78. The van der Waals surface area contributed by atoms with Crippen molar-refractivity contribution in [2.45, 2.75) is 12.8 Å². The quantitative estimate of drug-likeness (QED) is 0.687. The number of morpholine rings is 1. The van der Waals surface area contributed by atoms with Crippen LogP contribution in [0.1, 0.15) is 26.7 Å². The molecule has 0 aliphatic carbocycles. The molecule has 1 saturated heterocycles. The smallest absolute Gasteiger partial charge is 0.214 e. The Labute approximate surface area is 151 Å². The maximum Gasteiger partial charge on any atom is 0.214 e. The summed E-state index contributed by atoms with van der Waals surface area (Å²) in [4.78, 5) is 17.1. The molecule has 1 aliphatic heterocycles. The molecule has 0 N–H and O–H groups in total. The predicted octanol–water partition coefficient (Wildman–Crippen LogP) is 1.97. The Morgan fingerprint density at radius 3 is 2.64 bits per heavy atom. The van der Waals surface area contributed by atoms with Crippen LogP contribution in [-0.4, -0.2) is 55.5 Å². The van der Waals surface area contributed by atoms with E-state index in [0.717, 1.165) is 10.6 Å². The van der Waals surface area contributed by atoms with Crippen molar-refractivity contribution in [3.63, 3.8) is 0 Å². The lowest BCUT2D eigenvalue weighted by molar-refractivity contribution is 0.0729. The van der Waals surface area contributed by atoms with Crippen molar-refractivity contribution in [1.82, 2.24) is 9.29 Å². The Morgan fingerprint density at radius 2 is 1.92 bits per heavy atom. The fourth-order valence-electron chi connectivity index (χ4n) is 2.59. The zero-order valence-electron chi connectivity index (χ0n) is 13.8. The molecule has 0 amide bonds. The molecule has 1 aromatic heterocycles. The van der Waals surface area contributed by atoms with E-state index in [-0.39, 0.29) is 18.0 Å². The number of carbonyl (C=O) groups is 1. The number of benzene rings is 1. The third-order valence-electron chi connectivity index (χ3n) is 3.98. The van der Waals surface area contributed by atoms with Crippen molar-refractivity contribution >= 4 is 27.1 Å². The van der Waals surface area contributed by atoms with E-state index in [9.17, 15) is 13.2 Å². The van der Waals surface area contributed by atoms with Crippen LogP contribution in [0.5, 0.6) is 0 Å². The van der Waals surface area contributed by atoms with Gasteiger partial charge in [-0.05, 0) is 5.56 Å². The highest BCUT2D eigenvalue weighted by molar-refractivity contribution is 7.89. The first-order chi connectivity index (χ1) is 12.0. The zero-order valence-corrected chi connectivity index (χ0v) is 15.4. The van der Waals surface area contributed by atoms with E-state index >= 15 is 0 Å². The average molecular weight is 380 g/mol. The maximum atomic E-state index is 12.3. The summed E-state index contributed by atoms with van der Waals surface area (Å²) in [6.07, 6.45) is 2.20. The van der Waals surface area contributed by atoms with E-state index in [2.05, 4.69) is 4.98 Å². The first-order valence-electron chi connectivity index (χ1n) is 8.12. The second-order valence-corrected chi connectivity index (χ2v) is 8.98. The van der Waals surface area contributed by atoms with Gasteiger partial charge in [0.05, 0.1) is 28.9 Å². The van der Waals surface area contributed by atoms with Gasteiger partial charge in [0.2, 0.25) is 10.0 Å². The summed E-state index contributed by atoms with van der Waals surface area (Å²) < 4.78 is 31.1. The van der Waals surface area contributed by atoms with Crippen molar-refractivity contribution in [2.24, 2.45) is 0 Å². The fourth-order valence-corrected chi connectivity index (χ4v) is 4.92. The molecule has 1 aromatic carbocycles. The van der Waals surface area contributed by atoms with E-state index in [1.807, 2.05) is 30.3 Å². The highest BCUT2D eigenvalue weighted by Crippen LogP contribution is 2.19. The summed E-state index contributed by atoms with van der Waals surface area (Å²) in [6, 6.07) is 9.90. The zero-order chi connectivity index (χ0) is 17.7. The van der Waals surface area contributed by atoms with Crippen LogP contribution in [0.15, 0.2) is 36.5 Å². The number of carbonyl (C=O) groups excluding carboxylic acids is 1. The number of thiazole rings is 1. The minimum absolute atomic E-state index is 0.0212. The molecule has 0 bridgehead atoms. The number of ketones is 1. The molecule has 1 aliphatic rings. The summed E-state index contributed by atoms with van der Waals surface area (Å²) in [5.41, 5.74) is 1.13. The van der Waals surface area contributed by atoms with Crippen LogP contribution in [0.25, 0.3) is 0 Å². The van der Waals surface area contributed by atoms with E-state index < -0.39 is 10.0 Å². The minimum Gasteiger partial charge on any atom is -0.379 e. The molecular weight excluding hydrogens is 360 g/mol. The third kappa shape index (κ3) is 4.94. The number of rotatable bonds is 7. The van der Waals surface area contributed by atoms with Crippen LogP contribution in [0.2, 0.25) is 0 Å². The first kappa shape index (κ1) is 18.2. The van der Waals surface area contributed by atoms with Gasteiger partial charge in [0.1, 0.15) is 0 Å². The van der Waals surface area contributed by atoms with Crippen molar-refractivity contribution in [3.8, 4) is 0 Å². The SMILES string of the molecule is O=C(CCS(=O)(=O)N1CCOCC1)c1cnc(Cc2ccccc2)s1. The van der Waals surface area contributed by atoms with E-state index in [4.69, 9.17) is 4.74 Å². The summed E-state index contributed by atoms with van der Waals surface area (Å²) in [5.74, 6) is -0.341. The Morgan fingerprint density at radius 1 is 1.20 bits per heavy atom. The highest BCUT2D eigenvalue weighted by atomic mass is 32.2. The van der Waals surface area contributed by atoms with Gasteiger partial charge in [-0.3, -0.25) is 4.79 Å². The lowest BCUT2D eigenvalue weighted by Crippen LogP contribution is -2.42. The lowest BCUT2D eigenvalue weighted by Gasteiger charge is -2.25. The standard InChI is InChI=1S/C17H20N2O4S2/c20-15(6-11-25(21,22)19-7-9-23-10-8-19)16-13-18-17(24-16)12-14-4-2-1-3-5-14/h1-5,13H,6-12H2. The van der Waals surface area contributed by atoms with Crippen molar-refractivity contribution in [1.29, 1.82) is 0 Å². The summed E-state index contributed by atoms with van der Waals surface area (Å²) in [5, 5.41) is 0.852. The molecule has 0 unspecified atom stereocenters. The molecule has 134 valence electrons. The molecule has 2 aromatic rings. The Kier molecular flexibility index (Phi) is 5.95. The number of sulfonamides is 1. The van der Waals surface area contributed by atoms with Gasteiger partial charge >= 0.3 is 0 Å². The van der Waals surface area contributed by atoms with Crippen LogP contribution in [0.3, 0.4) is 0 Å². The van der Waals surface area contributed by atoms with Crippen LogP contribution in [0.4, 0.5) is 0 Å². The number of hydrogen-bond donors (Lipinski definition) is 0. The van der Waals surface area contributed by atoms with Crippen LogP contribution >= 0.6 is 11.3 Å². The second kappa shape index (κ2) is 8.18. The van der Waals surface area contributed by atoms with Crippen LogP contribution < -0.4 is 0 Å². The fraction of sp³-hybridized carbons (Fsp3) is 0.412. The van der Waals surface area contributed by atoms with Gasteiger partial charge in [0, 0.05) is 32.1 Å². The van der Waals surface area contributed by atoms with Gasteiger partial charge in [-0.2, -0.15) is 4.31 Å². The molecule has 25 heavy (non-hydrogen) atoms. The third-order valence-corrected chi connectivity index (χ3v) is 6.89. The summed E-state index contributed by atoms with van der Waals surface area (Å²) in [6.45, 7) is 1.53. The molecule has 0 saturated carbocycles. The monoisotopic (exact) mass is 380 g/mol. The highest BCUT2D eigenvalue weighted by Gasteiger charge is 2.25. The molecular formula is C17H20N2O4S2. The van der Waals surface area contributed by atoms with Crippen molar-refractivity contribution < 1.29 is 17.9 Å². The van der Waals surface area contributed by atoms with Crippen molar-refractivity contribution in [2.75, 3.05) is 32.1 Å². The molecule has 0 atom stereocenters. The van der Waals surface area contributed by atoms with Gasteiger partial charge in [0.25, 0.3) is 0 Å². The van der Waals surface area contributed by atoms with Crippen molar-refractivity contribution in [3.05, 3.63) is 52.0 Å². The number of hydrogen-bond acceptors (Lipinski definition) is 6. The topological polar surface area (TPSA) is 76.6 Å². The normalized spacial score (nSPS) is 16.0. The predicted molar refractivity (Wildman–Crippen MR) is 96.5 cm³/mol. The van der Waals surface area contributed by atoms with Gasteiger partial charge in [0.15, 0.2) is 5.78 Å². The van der Waals surface area contributed by atoms with Gasteiger partial charge in [-0.15, -0.1) is 11.3 Å². The minimum atomic E-state index is -3.41. The first-order valence-corrected chi connectivity index (χ1v) is 10.5. The number of Topliss-reactive ketones (excluding diaryl/α,β-unsaturated/α-hetero) is 1. The van der Waals surface area contributed by atoms with Crippen LogP contribution in [0, 0.1) is 0 Å².